The first-order valence-corrected chi connectivity index (χ1v) is 10.6. The van der Waals surface area contributed by atoms with Crippen LogP contribution in [0.1, 0.15) is 32.6 Å². The van der Waals surface area contributed by atoms with Crippen molar-refractivity contribution in [2.75, 3.05) is 12.3 Å². The number of carbonyl (C=O) groups is 2. The fraction of sp³-hybridized carbons (Fsp3) is 0.300. The lowest BCUT2D eigenvalue weighted by atomic mass is 10.1. The molecule has 146 valence electrons. The van der Waals surface area contributed by atoms with E-state index in [0.717, 1.165) is 21.6 Å². The van der Waals surface area contributed by atoms with Crippen LogP contribution < -0.4 is 5.32 Å². The van der Waals surface area contributed by atoms with Gasteiger partial charge in [0, 0.05) is 23.9 Å². The largest absolute Gasteiger partial charge is 0.411 e. The van der Waals surface area contributed by atoms with Gasteiger partial charge in [0.25, 0.3) is 5.22 Å². The molecule has 1 N–H and O–H groups in total. The lowest BCUT2D eigenvalue weighted by Gasteiger charge is -2.00. The second-order valence-electron chi connectivity index (χ2n) is 6.46. The van der Waals surface area contributed by atoms with Gasteiger partial charge in [-0.05, 0) is 44.5 Å². The van der Waals surface area contributed by atoms with E-state index >= 15 is 0 Å². The maximum absolute atomic E-state index is 12.4. The van der Waals surface area contributed by atoms with E-state index < -0.39 is 0 Å². The van der Waals surface area contributed by atoms with Crippen LogP contribution in [0.3, 0.4) is 0 Å². The Labute approximate surface area is 171 Å². The third-order valence-electron chi connectivity index (χ3n) is 3.88. The summed E-state index contributed by atoms with van der Waals surface area (Å²) in [6.07, 6.45) is 0.716. The lowest BCUT2D eigenvalue weighted by Crippen LogP contribution is -2.22. The number of Topliss-reactive ketones (excluding diaryl/α,β-unsaturated/α-hetero) is 1. The number of rotatable bonds is 8. The molecule has 2 aromatic heterocycles. The van der Waals surface area contributed by atoms with Gasteiger partial charge >= 0.3 is 0 Å². The first-order chi connectivity index (χ1) is 13.4. The van der Waals surface area contributed by atoms with Gasteiger partial charge in [-0.15, -0.1) is 21.5 Å². The highest BCUT2D eigenvalue weighted by molar-refractivity contribution is 7.99. The third kappa shape index (κ3) is 5.53. The molecule has 0 spiro atoms. The second-order valence-corrected chi connectivity index (χ2v) is 8.56. The number of aryl methyl sites for hydroxylation is 2. The van der Waals surface area contributed by atoms with Crippen molar-refractivity contribution in [2.45, 2.75) is 32.4 Å². The Hall–Kier alpha value is -2.45. The van der Waals surface area contributed by atoms with Gasteiger partial charge in [-0.2, -0.15) is 0 Å². The average molecular weight is 416 g/mol. The van der Waals surface area contributed by atoms with E-state index in [4.69, 9.17) is 4.42 Å². The number of benzene rings is 1. The van der Waals surface area contributed by atoms with Crippen LogP contribution in [0.2, 0.25) is 0 Å². The number of aromatic nitrogens is 2. The molecule has 0 aliphatic carbocycles. The highest BCUT2D eigenvalue weighted by Crippen LogP contribution is 2.26. The zero-order chi connectivity index (χ0) is 20.1. The zero-order valence-electron chi connectivity index (χ0n) is 15.9. The average Bonchev–Trinajstić information content (AvgIpc) is 3.28. The van der Waals surface area contributed by atoms with Crippen molar-refractivity contribution >= 4 is 34.8 Å². The van der Waals surface area contributed by atoms with Crippen molar-refractivity contribution in [1.29, 1.82) is 0 Å². The summed E-state index contributed by atoms with van der Waals surface area (Å²) in [5, 5.41) is 11.3. The molecule has 2 heterocycles. The van der Waals surface area contributed by atoms with E-state index in [2.05, 4.69) is 21.6 Å². The molecule has 0 radical (unpaired) electrons. The number of nitrogens with one attached hydrogen (secondary N) is 1. The Bertz CT molecular complexity index is 974. The van der Waals surface area contributed by atoms with Gasteiger partial charge in [-0.3, -0.25) is 9.59 Å². The number of amides is 1. The van der Waals surface area contributed by atoms with Gasteiger partial charge in [-0.25, -0.2) is 0 Å². The van der Waals surface area contributed by atoms with Gasteiger partial charge in [-0.1, -0.05) is 29.0 Å². The number of thioether (sulfide) groups is 1. The van der Waals surface area contributed by atoms with Crippen LogP contribution in [0.15, 0.2) is 40.0 Å². The van der Waals surface area contributed by atoms with E-state index in [1.54, 1.807) is 0 Å². The molecular formula is C20H21N3O3S2. The van der Waals surface area contributed by atoms with Crippen molar-refractivity contribution < 1.29 is 14.0 Å². The van der Waals surface area contributed by atoms with Crippen LogP contribution in [0.4, 0.5) is 0 Å². The quantitative estimate of drug-likeness (QED) is 0.441. The van der Waals surface area contributed by atoms with Gasteiger partial charge in [0.2, 0.25) is 11.8 Å². The predicted octanol–water partition coefficient (Wildman–Crippen LogP) is 4.07. The molecule has 6 nitrogen and oxygen atoms in total. The number of thiophene rings is 1. The lowest BCUT2D eigenvalue weighted by molar-refractivity contribution is -0.118. The molecule has 3 rings (SSSR count). The highest BCUT2D eigenvalue weighted by Gasteiger charge is 2.14. The van der Waals surface area contributed by atoms with Crippen LogP contribution in [0.25, 0.3) is 11.5 Å². The van der Waals surface area contributed by atoms with Crippen molar-refractivity contribution in [2.24, 2.45) is 0 Å². The molecule has 0 aliphatic heterocycles. The van der Waals surface area contributed by atoms with E-state index in [1.807, 2.05) is 38.1 Å². The Morgan fingerprint density at radius 3 is 2.61 bits per heavy atom. The van der Waals surface area contributed by atoms with Gasteiger partial charge < -0.3 is 9.73 Å². The molecule has 0 saturated carbocycles. The van der Waals surface area contributed by atoms with Crippen LogP contribution >= 0.6 is 23.1 Å². The van der Waals surface area contributed by atoms with Gasteiger partial charge in [0.1, 0.15) is 0 Å². The van der Waals surface area contributed by atoms with E-state index in [1.165, 1.54) is 30.0 Å². The minimum absolute atomic E-state index is 0.0203. The SMILES string of the molecule is CC(=O)NCCc1ccc(C(=O)CSc2nnc(-c3cc(C)cc(C)c3)o2)s1. The predicted molar refractivity (Wildman–Crippen MR) is 111 cm³/mol. The zero-order valence-corrected chi connectivity index (χ0v) is 17.6. The molecule has 0 aliphatic rings. The molecule has 8 heteroatoms. The monoisotopic (exact) mass is 415 g/mol. The van der Waals surface area contributed by atoms with Crippen molar-refractivity contribution in [3.63, 3.8) is 0 Å². The smallest absolute Gasteiger partial charge is 0.277 e. The van der Waals surface area contributed by atoms with Crippen LogP contribution in [-0.4, -0.2) is 34.2 Å². The summed E-state index contributed by atoms with van der Waals surface area (Å²) >= 11 is 2.69. The molecular weight excluding hydrogens is 394 g/mol. The Kier molecular flexibility index (Phi) is 6.64. The highest BCUT2D eigenvalue weighted by atomic mass is 32.2. The minimum Gasteiger partial charge on any atom is -0.411 e. The van der Waals surface area contributed by atoms with Crippen molar-refractivity contribution in [3.8, 4) is 11.5 Å². The van der Waals surface area contributed by atoms with E-state index in [9.17, 15) is 9.59 Å². The second kappa shape index (κ2) is 9.16. The number of nitrogens with zero attached hydrogens (tertiary/aromatic N) is 2. The molecule has 0 saturated heterocycles. The molecule has 28 heavy (non-hydrogen) atoms. The molecule has 1 aromatic carbocycles. The molecule has 3 aromatic rings. The Morgan fingerprint density at radius 2 is 1.89 bits per heavy atom. The molecule has 0 bridgehead atoms. The van der Waals surface area contributed by atoms with Crippen molar-refractivity contribution in [3.05, 3.63) is 51.2 Å². The van der Waals surface area contributed by atoms with Crippen LogP contribution in [0.5, 0.6) is 0 Å². The summed E-state index contributed by atoms with van der Waals surface area (Å²) in [6.45, 7) is 6.10. The van der Waals surface area contributed by atoms with E-state index in [-0.39, 0.29) is 17.4 Å². The molecule has 0 fully saturated rings. The summed E-state index contributed by atoms with van der Waals surface area (Å²) in [4.78, 5) is 25.1. The molecule has 0 unspecified atom stereocenters. The number of carbonyl (C=O) groups excluding carboxylic acids is 2. The number of hydrogen-bond donors (Lipinski definition) is 1. The maximum Gasteiger partial charge on any atom is 0.277 e. The Morgan fingerprint density at radius 1 is 1.14 bits per heavy atom. The van der Waals surface area contributed by atoms with Gasteiger partial charge in [0.15, 0.2) is 5.78 Å². The van der Waals surface area contributed by atoms with Crippen LogP contribution in [-0.2, 0) is 11.2 Å². The summed E-state index contributed by atoms with van der Waals surface area (Å²) in [6, 6.07) is 9.82. The van der Waals surface area contributed by atoms with Crippen molar-refractivity contribution in [1.82, 2.24) is 15.5 Å². The Balaban J connectivity index is 1.56. The molecule has 0 atom stereocenters. The fourth-order valence-electron chi connectivity index (χ4n) is 2.71. The maximum atomic E-state index is 12.4. The standard InChI is InChI=1S/C20H21N3O3S2/c1-12-8-13(2)10-15(9-12)19-22-23-20(26-19)27-11-17(25)18-5-4-16(28-18)6-7-21-14(3)24/h4-5,8-10H,6-7,11H2,1-3H3,(H,21,24). The third-order valence-corrected chi connectivity index (χ3v) is 5.89. The van der Waals surface area contributed by atoms with Crippen LogP contribution in [0, 0.1) is 13.8 Å². The summed E-state index contributed by atoms with van der Waals surface area (Å²) in [5.74, 6) is 0.661. The summed E-state index contributed by atoms with van der Waals surface area (Å²) < 4.78 is 5.70. The van der Waals surface area contributed by atoms with E-state index in [0.29, 0.717) is 29.0 Å². The topological polar surface area (TPSA) is 85.1 Å². The first kappa shape index (κ1) is 20.3. The first-order valence-electron chi connectivity index (χ1n) is 8.82. The fourth-order valence-corrected chi connectivity index (χ4v) is 4.39. The number of ketones is 1. The van der Waals surface area contributed by atoms with Gasteiger partial charge in [0.05, 0.1) is 10.6 Å². The number of hydrogen-bond acceptors (Lipinski definition) is 7. The summed E-state index contributed by atoms with van der Waals surface area (Å²) in [7, 11) is 0. The normalized spacial score (nSPS) is 10.8. The minimum atomic E-state index is -0.0518. The molecule has 1 amide bonds. The summed E-state index contributed by atoms with van der Waals surface area (Å²) in [5.41, 5.74) is 3.14.